The molecular formula is C30H47NO4. The van der Waals surface area contributed by atoms with Gasteiger partial charge in [0.15, 0.2) is 0 Å². The third-order valence-electron chi connectivity index (χ3n) is 7.36. The SMILES string of the molecule is CCCCC[C@@H](O)C=C[C@@H]1CCC(=O)[C@@H]1CCCCCCC(=O)N(C)C[C@@](C)(O)c1ccccc1. The minimum absolute atomic E-state index is 0.0508. The molecule has 0 unspecified atom stereocenters. The maximum absolute atomic E-state index is 12.5. The molecule has 0 bridgehead atoms. The monoisotopic (exact) mass is 485 g/mol. The predicted molar refractivity (Wildman–Crippen MR) is 142 cm³/mol. The number of allylic oxidation sites excluding steroid dienone is 1. The van der Waals surface area contributed by atoms with Gasteiger partial charge in [-0.3, -0.25) is 9.59 Å². The molecule has 1 amide bonds. The highest BCUT2D eigenvalue weighted by Crippen LogP contribution is 2.34. The molecule has 196 valence electrons. The number of aliphatic hydroxyl groups is 2. The number of aliphatic hydroxyl groups excluding tert-OH is 1. The van der Waals surface area contributed by atoms with Crippen LogP contribution in [0.15, 0.2) is 42.5 Å². The molecule has 2 N–H and O–H groups in total. The van der Waals surface area contributed by atoms with Crippen LogP contribution in [0.2, 0.25) is 0 Å². The number of ketones is 1. The number of carbonyl (C=O) groups is 2. The highest BCUT2D eigenvalue weighted by molar-refractivity contribution is 5.83. The highest BCUT2D eigenvalue weighted by atomic mass is 16.3. The summed E-state index contributed by atoms with van der Waals surface area (Å²) < 4.78 is 0. The third kappa shape index (κ3) is 10.3. The molecule has 4 atom stereocenters. The lowest BCUT2D eigenvalue weighted by Gasteiger charge is -2.29. The Hall–Kier alpha value is -1.98. The van der Waals surface area contributed by atoms with Crippen LogP contribution in [-0.4, -0.2) is 46.5 Å². The van der Waals surface area contributed by atoms with Crippen molar-refractivity contribution in [2.75, 3.05) is 13.6 Å². The van der Waals surface area contributed by atoms with Crippen LogP contribution in [0.5, 0.6) is 0 Å². The van der Waals surface area contributed by atoms with Gasteiger partial charge in [-0.1, -0.05) is 87.9 Å². The molecule has 2 rings (SSSR count). The largest absolute Gasteiger partial charge is 0.389 e. The molecule has 0 radical (unpaired) electrons. The molecule has 1 saturated carbocycles. The van der Waals surface area contributed by atoms with E-state index in [2.05, 4.69) is 13.0 Å². The van der Waals surface area contributed by atoms with Gasteiger partial charge < -0.3 is 15.1 Å². The Kier molecular flexibility index (Phi) is 12.7. The number of rotatable bonds is 16. The van der Waals surface area contributed by atoms with Crippen molar-refractivity contribution in [1.29, 1.82) is 0 Å². The quantitative estimate of drug-likeness (QED) is 0.230. The minimum Gasteiger partial charge on any atom is -0.389 e. The van der Waals surface area contributed by atoms with E-state index in [-0.39, 0.29) is 24.3 Å². The van der Waals surface area contributed by atoms with E-state index < -0.39 is 11.7 Å². The zero-order valence-corrected chi connectivity index (χ0v) is 22.1. The molecule has 5 heteroatoms. The summed E-state index contributed by atoms with van der Waals surface area (Å²) in [6.07, 6.45) is 14.4. The van der Waals surface area contributed by atoms with E-state index in [1.807, 2.05) is 36.4 Å². The Morgan fingerprint density at radius 3 is 2.57 bits per heavy atom. The average Bonchev–Trinajstić information content (AvgIpc) is 3.19. The molecule has 1 fully saturated rings. The Morgan fingerprint density at radius 1 is 1.14 bits per heavy atom. The van der Waals surface area contributed by atoms with Gasteiger partial charge in [-0.2, -0.15) is 0 Å². The second-order valence-corrected chi connectivity index (χ2v) is 10.6. The van der Waals surface area contributed by atoms with Crippen molar-refractivity contribution >= 4 is 11.7 Å². The van der Waals surface area contributed by atoms with Gasteiger partial charge in [0.2, 0.25) is 5.91 Å². The van der Waals surface area contributed by atoms with Crippen molar-refractivity contribution < 1.29 is 19.8 Å². The van der Waals surface area contributed by atoms with Gasteiger partial charge in [-0.15, -0.1) is 0 Å². The molecular weight excluding hydrogens is 438 g/mol. The van der Waals surface area contributed by atoms with Crippen LogP contribution in [0.1, 0.15) is 96.5 Å². The molecule has 0 saturated heterocycles. The van der Waals surface area contributed by atoms with Gasteiger partial charge in [0, 0.05) is 25.8 Å². The van der Waals surface area contributed by atoms with Crippen molar-refractivity contribution in [3.05, 3.63) is 48.0 Å². The number of amides is 1. The Bertz CT molecular complexity index is 789. The first-order valence-electron chi connectivity index (χ1n) is 13.7. The van der Waals surface area contributed by atoms with Crippen LogP contribution >= 0.6 is 0 Å². The molecule has 1 aromatic carbocycles. The van der Waals surface area contributed by atoms with Gasteiger partial charge in [-0.05, 0) is 44.1 Å². The number of hydrogen-bond donors (Lipinski definition) is 2. The maximum Gasteiger partial charge on any atom is 0.222 e. The van der Waals surface area contributed by atoms with Crippen LogP contribution in [0.25, 0.3) is 0 Å². The number of unbranched alkanes of at least 4 members (excludes halogenated alkanes) is 5. The lowest BCUT2D eigenvalue weighted by atomic mass is 9.89. The molecule has 1 aromatic rings. The number of hydrogen-bond acceptors (Lipinski definition) is 4. The minimum atomic E-state index is -1.07. The van der Waals surface area contributed by atoms with E-state index >= 15 is 0 Å². The van der Waals surface area contributed by atoms with Crippen LogP contribution in [-0.2, 0) is 15.2 Å². The average molecular weight is 486 g/mol. The number of benzene rings is 1. The summed E-state index contributed by atoms with van der Waals surface area (Å²) in [7, 11) is 1.75. The van der Waals surface area contributed by atoms with Crippen molar-refractivity contribution in [3.8, 4) is 0 Å². The first-order chi connectivity index (χ1) is 16.7. The van der Waals surface area contributed by atoms with Gasteiger partial charge >= 0.3 is 0 Å². The van der Waals surface area contributed by atoms with E-state index in [0.29, 0.717) is 18.6 Å². The summed E-state index contributed by atoms with van der Waals surface area (Å²) in [4.78, 5) is 26.5. The van der Waals surface area contributed by atoms with E-state index in [1.165, 1.54) is 0 Å². The standard InChI is InChI=1S/C30H47NO4/c1-4-5-9-16-26(32)21-19-24-20-22-28(33)27(24)17-12-6-7-13-18-29(34)31(3)23-30(2,35)25-14-10-8-11-15-25/h8,10-11,14-15,19,21,24,26-27,32,35H,4-7,9,12-13,16-18,20,22-23H2,1-3H3/t24-,26-,27-,30-/m1/s1. The van der Waals surface area contributed by atoms with Crippen molar-refractivity contribution in [2.45, 2.75) is 103 Å². The maximum atomic E-state index is 12.5. The van der Waals surface area contributed by atoms with Crippen LogP contribution < -0.4 is 0 Å². The van der Waals surface area contributed by atoms with Gasteiger partial charge in [0.05, 0.1) is 12.6 Å². The second-order valence-electron chi connectivity index (χ2n) is 10.6. The fourth-order valence-electron chi connectivity index (χ4n) is 5.13. The smallest absolute Gasteiger partial charge is 0.222 e. The number of nitrogens with zero attached hydrogens (tertiary/aromatic N) is 1. The van der Waals surface area contributed by atoms with Crippen molar-refractivity contribution in [2.24, 2.45) is 11.8 Å². The zero-order valence-electron chi connectivity index (χ0n) is 22.1. The normalized spacial score (nSPS) is 20.8. The molecule has 35 heavy (non-hydrogen) atoms. The number of Topliss-reactive ketones (excluding diaryl/α,β-unsaturated/α-hetero) is 1. The van der Waals surface area contributed by atoms with Gasteiger partial charge in [0.1, 0.15) is 11.4 Å². The first-order valence-corrected chi connectivity index (χ1v) is 13.7. The molecule has 0 spiro atoms. The summed E-state index contributed by atoms with van der Waals surface area (Å²) in [5.74, 6) is 0.760. The van der Waals surface area contributed by atoms with Crippen molar-refractivity contribution in [1.82, 2.24) is 4.90 Å². The summed E-state index contributed by atoms with van der Waals surface area (Å²) in [6, 6.07) is 9.45. The molecule has 5 nitrogen and oxygen atoms in total. The fraction of sp³-hybridized carbons (Fsp3) is 0.667. The molecule has 0 aromatic heterocycles. The molecule has 0 aliphatic heterocycles. The van der Waals surface area contributed by atoms with Gasteiger partial charge in [-0.25, -0.2) is 0 Å². The van der Waals surface area contributed by atoms with Crippen LogP contribution in [0.4, 0.5) is 0 Å². The second kappa shape index (κ2) is 15.2. The van der Waals surface area contributed by atoms with E-state index in [1.54, 1.807) is 18.9 Å². The zero-order chi connectivity index (χ0) is 25.7. The summed E-state index contributed by atoms with van der Waals surface area (Å²) in [6.45, 7) is 4.17. The summed E-state index contributed by atoms with van der Waals surface area (Å²) in [5, 5.41) is 20.9. The number of carbonyl (C=O) groups excluding carboxylic acids is 2. The Morgan fingerprint density at radius 2 is 1.86 bits per heavy atom. The highest BCUT2D eigenvalue weighted by Gasteiger charge is 2.32. The molecule has 1 aliphatic carbocycles. The summed E-state index contributed by atoms with van der Waals surface area (Å²) >= 11 is 0. The van der Waals surface area contributed by atoms with E-state index in [9.17, 15) is 19.8 Å². The topological polar surface area (TPSA) is 77.8 Å². The Balaban J connectivity index is 1.65. The first kappa shape index (κ1) is 29.3. The molecule has 0 heterocycles. The van der Waals surface area contributed by atoms with Crippen LogP contribution in [0.3, 0.4) is 0 Å². The fourth-order valence-corrected chi connectivity index (χ4v) is 5.13. The predicted octanol–water partition coefficient (Wildman–Crippen LogP) is 5.79. The Labute approximate surface area is 212 Å². The van der Waals surface area contributed by atoms with E-state index in [4.69, 9.17) is 0 Å². The molecule has 1 aliphatic rings. The van der Waals surface area contributed by atoms with Crippen LogP contribution in [0, 0.1) is 11.8 Å². The van der Waals surface area contributed by atoms with Crippen molar-refractivity contribution in [3.63, 3.8) is 0 Å². The lowest BCUT2D eigenvalue weighted by molar-refractivity contribution is -0.133. The number of likely N-dealkylation sites (N-methyl/N-ethyl adjacent to an activating group) is 1. The third-order valence-corrected chi connectivity index (χ3v) is 7.36. The lowest BCUT2D eigenvalue weighted by Crippen LogP contribution is -2.39. The van der Waals surface area contributed by atoms with Gasteiger partial charge in [0.25, 0.3) is 0 Å². The van der Waals surface area contributed by atoms with E-state index in [0.717, 1.165) is 69.8 Å². The summed E-state index contributed by atoms with van der Waals surface area (Å²) in [5.41, 5.74) is -0.268.